The first-order valence-corrected chi connectivity index (χ1v) is 9.82. The largest absolute Gasteiger partial charge is 0.503 e. The summed E-state index contributed by atoms with van der Waals surface area (Å²) in [6, 6.07) is 14.2. The third-order valence-corrected chi connectivity index (χ3v) is 5.36. The molecular formula is C23H15ClN2O5. The number of carbonyl (C=O) groups is 2. The van der Waals surface area contributed by atoms with Crippen LogP contribution in [0.25, 0.3) is 11.0 Å². The van der Waals surface area contributed by atoms with Crippen LogP contribution in [0.15, 0.2) is 87.2 Å². The molecule has 5 rings (SSSR count). The second-order valence-electron chi connectivity index (χ2n) is 7.06. The first kappa shape index (κ1) is 19.1. The number of rotatable bonds is 5. The number of hydrogen-bond acceptors (Lipinski definition) is 6. The van der Waals surface area contributed by atoms with Gasteiger partial charge in [0.15, 0.2) is 11.5 Å². The van der Waals surface area contributed by atoms with Crippen LogP contribution in [0.3, 0.4) is 0 Å². The monoisotopic (exact) mass is 434 g/mol. The summed E-state index contributed by atoms with van der Waals surface area (Å²) in [6.07, 6.45) is 3.05. The minimum Gasteiger partial charge on any atom is -0.503 e. The van der Waals surface area contributed by atoms with Crippen molar-refractivity contribution in [3.8, 4) is 0 Å². The summed E-state index contributed by atoms with van der Waals surface area (Å²) in [5.41, 5.74) is 0.963. The third kappa shape index (κ3) is 3.29. The molecule has 0 saturated heterocycles. The van der Waals surface area contributed by atoms with Gasteiger partial charge in [-0.3, -0.25) is 14.6 Å². The van der Waals surface area contributed by atoms with Crippen molar-refractivity contribution in [2.75, 3.05) is 0 Å². The lowest BCUT2D eigenvalue weighted by atomic mass is 9.99. The smallest absolute Gasteiger partial charge is 0.290 e. The Morgan fingerprint density at radius 3 is 2.77 bits per heavy atom. The Kier molecular flexibility index (Phi) is 4.60. The molecule has 0 fully saturated rings. The van der Waals surface area contributed by atoms with E-state index in [0.29, 0.717) is 27.4 Å². The van der Waals surface area contributed by atoms with Crippen molar-refractivity contribution in [1.82, 2.24) is 9.88 Å². The average molecular weight is 435 g/mol. The standard InChI is InChI=1S/C23H15ClN2O5/c24-14-6-7-16-13(10-14)11-18(31-16)21(27)19-20(17-5-3-9-30-17)26(23(29)22(19)28)12-15-4-1-2-8-25-15/h1-11,20,28H,12H2. The molecule has 0 spiro atoms. The predicted molar refractivity (Wildman–Crippen MR) is 111 cm³/mol. The van der Waals surface area contributed by atoms with Crippen molar-refractivity contribution >= 4 is 34.3 Å². The van der Waals surface area contributed by atoms with Gasteiger partial charge in [0.2, 0.25) is 5.78 Å². The number of aromatic nitrogens is 1. The van der Waals surface area contributed by atoms with Crippen molar-refractivity contribution in [3.05, 3.63) is 101 Å². The molecule has 1 aromatic carbocycles. The predicted octanol–water partition coefficient (Wildman–Crippen LogP) is 4.85. The number of benzene rings is 1. The second kappa shape index (κ2) is 7.45. The Hall–Kier alpha value is -3.84. The van der Waals surface area contributed by atoms with Crippen LogP contribution in [0, 0.1) is 0 Å². The van der Waals surface area contributed by atoms with Crippen LogP contribution < -0.4 is 0 Å². The Labute approximate surface area is 181 Å². The SMILES string of the molecule is O=C(C1=C(O)C(=O)N(Cc2ccccn2)C1c1ccco1)c1cc2cc(Cl)ccc2o1. The first-order valence-electron chi connectivity index (χ1n) is 9.44. The van der Waals surface area contributed by atoms with E-state index in [-0.39, 0.29) is 17.9 Å². The van der Waals surface area contributed by atoms with E-state index in [0.717, 1.165) is 0 Å². The molecule has 1 amide bonds. The van der Waals surface area contributed by atoms with E-state index in [9.17, 15) is 14.7 Å². The van der Waals surface area contributed by atoms with Crippen molar-refractivity contribution in [2.45, 2.75) is 12.6 Å². The summed E-state index contributed by atoms with van der Waals surface area (Å²) in [5.74, 6) is -1.60. The quantitative estimate of drug-likeness (QED) is 0.451. The number of carbonyl (C=O) groups excluding carboxylic acids is 2. The lowest BCUT2D eigenvalue weighted by Crippen LogP contribution is -2.30. The van der Waals surface area contributed by atoms with Crippen molar-refractivity contribution in [2.24, 2.45) is 0 Å². The van der Waals surface area contributed by atoms with Gasteiger partial charge in [0.05, 0.1) is 24.1 Å². The van der Waals surface area contributed by atoms with Gasteiger partial charge in [-0.1, -0.05) is 17.7 Å². The summed E-state index contributed by atoms with van der Waals surface area (Å²) in [7, 11) is 0. The molecule has 31 heavy (non-hydrogen) atoms. The highest BCUT2D eigenvalue weighted by atomic mass is 35.5. The fourth-order valence-corrected chi connectivity index (χ4v) is 3.90. The maximum Gasteiger partial charge on any atom is 0.290 e. The second-order valence-corrected chi connectivity index (χ2v) is 7.49. The maximum atomic E-state index is 13.4. The van der Waals surface area contributed by atoms with Gasteiger partial charge in [0, 0.05) is 16.6 Å². The zero-order valence-electron chi connectivity index (χ0n) is 16.0. The lowest BCUT2D eigenvalue weighted by molar-refractivity contribution is -0.130. The molecule has 1 aliphatic rings. The fourth-order valence-electron chi connectivity index (χ4n) is 3.72. The molecule has 4 heterocycles. The average Bonchev–Trinajstić information content (AvgIpc) is 3.49. The Bertz CT molecular complexity index is 1320. The number of halogens is 1. The van der Waals surface area contributed by atoms with Gasteiger partial charge in [0.25, 0.3) is 5.91 Å². The van der Waals surface area contributed by atoms with Crippen LogP contribution in [0.2, 0.25) is 5.02 Å². The first-order chi connectivity index (χ1) is 15.0. The van der Waals surface area contributed by atoms with Gasteiger partial charge in [-0.2, -0.15) is 0 Å². The highest BCUT2D eigenvalue weighted by Crippen LogP contribution is 2.40. The third-order valence-electron chi connectivity index (χ3n) is 5.12. The summed E-state index contributed by atoms with van der Waals surface area (Å²) in [5, 5.41) is 11.8. The van der Waals surface area contributed by atoms with Crippen LogP contribution >= 0.6 is 11.6 Å². The van der Waals surface area contributed by atoms with Crippen LogP contribution in [0.4, 0.5) is 0 Å². The number of hydrogen-bond donors (Lipinski definition) is 1. The Morgan fingerprint density at radius 2 is 2.03 bits per heavy atom. The molecule has 8 heteroatoms. The van der Waals surface area contributed by atoms with E-state index in [4.69, 9.17) is 20.4 Å². The number of Topliss-reactive ketones (excluding diaryl/α,β-unsaturated/α-hetero) is 1. The summed E-state index contributed by atoms with van der Waals surface area (Å²) in [4.78, 5) is 31.9. The van der Waals surface area contributed by atoms with Crippen LogP contribution in [-0.4, -0.2) is 26.7 Å². The van der Waals surface area contributed by atoms with E-state index < -0.39 is 23.5 Å². The number of furan rings is 2. The molecule has 1 aliphatic heterocycles. The normalized spacial score (nSPS) is 16.5. The summed E-state index contributed by atoms with van der Waals surface area (Å²) >= 11 is 6.02. The highest BCUT2D eigenvalue weighted by Gasteiger charge is 2.46. The summed E-state index contributed by atoms with van der Waals surface area (Å²) < 4.78 is 11.2. The van der Waals surface area contributed by atoms with Gasteiger partial charge >= 0.3 is 0 Å². The molecule has 0 aliphatic carbocycles. The molecule has 0 saturated carbocycles. The van der Waals surface area contributed by atoms with Crippen molar-refractivity contribution in [1.29, 1.82) is 0 Å². The molecule has 154 valence electrons. The van der Waals surface area contributed by atoms with Crippen LogP contribution in [0.5, 0.6) is 0 Å². The molecule has 0 radical (unpaired) electrons. The Morgan fingerprint density at radius 1 is 1.16 bits per heavy atom. The fraction of sp³-hybridized carbons (Fsp3) is 0.0870. The van der Waals surface area contributed by atoms with E-state index in [1.165, 1.54) is 17.2 Å². The molecule has 1 N–H and O–H groups in total. The van der Waals surface area contributed by atoms with Crippen LogP contribution in [-0.2, 0) is 11.3 Å². The number of aliphatic hydroxyl groups is 1. The minimum atomic E-state index is -0.922. The number of amides is 1. The zero-order chi connectivity index (χ0) is 21.5. The molecule has 7 nitrogen and oxygen atoms in total. The van der Waals surface area contributed by atoms with E-state index in [1.807, 2.05) is 0 Å². The number of nitrogens with zero attached hydrogens (tertiary/aromatic N) is 2. The van der Waals surface area contributed by atoms with Gasteiger partial charge in [-0.05, 0) is 48.5 Å². The number of fused-ring (bicyclic) bond motifs is 1. The van der Waals surface area contributed by atoms with Crippen molar-refractivity contribution < 1.29 is 23.5 Å². The molecule has 1 unspecified atom stereocenters. The number of pyridine rings is 1. The molecule has 0 bridgehead atoms. The molecule has 1 atom stereocenters. The van der Waals surface area contributed by atoms with E-state index in [1.54, 1.807) is 54.7 Å². The highest BCUT2D eigenvalue weighted by molar-refractivity contribution is 6.31. The summed E-state index contributed by atoms with van der Waals surface area (Å²) in [6.45, 7) is 0.0849. The van der Waals surface area contributed by atoms with Gasteiger partial charge in [-0.15, -0.1) is 0 Å². The topological polar surface area (TPSA) is 96.8 Å². The molecule has 3 aromatic heterocycles. The lowest BCUT2D eigenvalue weighted by Gasteiger charge is -2.24. The van der Waals surface area contributed by atoms with Crippen LogP contribution in [0.1, 0.15) is 28.1 Å². The van der Waals surface area contributed by atoms with Crippen molar-refractivity contribution in [3.63, 3.8) is 0 Å². The maximum absolute atomic E-state index is 13.4. The minimum absolute atomic E-state index is 0.0112. The zero-order valence-corrected chi connectivity index (χ0v) is 16.7. The van der Waals surface area contributed by atoms with Gasteiger partial charge in [-0.25, -0.2) is 0 Å². The van der Waals surface area contributed by atoms with Gasteiger partial charge in [0.1, 0.15) is 17.4 Å². The number of ketones is 1. The Balaban J connectivity index is 1.58. The van der Waals surface area contributed by atoms with E-state index >= 15 is 0 Å². The number of aliphatic hydroxyl groups excluding tert-OH is 1. The van der Waals surface area contributed by atoms with Gasteiger partial charge < -0.3 is 18.8 Å². The van der Waals surface area contributed by atoms with E-state index in [2.05, 4.69) is 4.98 Å². The molecule has 4 aromatic rings. The molecular weight excluding hydrogens is 420 g/mol.